The highest BCUT2D eigenvalue weighted by Gasteiger charge is 2.28. The minimum atomic E-state index is -3.08. The van der Waals surface area contributed by atoms with Gasteiger partial charge in [-0.1, -0.05) is 29.4 Å². The molecule has 2 N–H and O–H groups in total. The summed E-state index contributed by atoms with van der Waals surface area (Å²) in [5.74, 6) is 1.18. The molecule has 1 aromatic heterocycles. The van der Waals surface area contributed by atoms with Crippen LogP contribution in [0.5, 0.6) is 0 Å². The summed E-state index contributed by atoms with van der Waals surface area (Å²) >= 11 is 0. The fourth-order valence-electron chi connectivity index (χ4n) is 2.43. The SMILES string of the molecule is NCc1ccc(-c2noc(CCN3CCCS3(=O)=O)n2)cc1. The normalized spacial score (nSPS) is 17.9. The summed E-state index contributed by atoms with van der Waals surface area (Å²) in [5.41, 5.74) is 7.44. The molecule has 2 heterocycles. The summed E-state index contributed by atoms with van der Waals surface area (Å²) in [6.07, 6.45) is 1.11. The van der Waals surface area contributed by atoms with Crippen molar-refractivity contribution in [2.24, 2.45) is 5.73 Å². The van der Waals surface area contributed by atoms with Crippen molar-refractivity contribution in [2.45, 2.75) is 19.4 Å². The van der Waals surface area contributed by atoms with Gasteiger partial charge in [-0.05, 0) is 12.0 Å². The first-order chi connectivity index (χ1) is 10.6. The highest BCUT2D eigenvalue weighted by atomic mass is 32.2. The first-order valence-corrected chi connectivity index (χ1v) is 8.79. The Labute approximate surface area is 129 Å². The second-order valence-corrected chi connectivity index (χ2v) is 7.32. The lowest BCUT2D eigenvalue weighted by Gasteiger charge is -2.11. The van der Waals surface area contributed by atoms with Crippen LogP contribution in [0, 0.1) is 0 Å². The van der Waals surface area contributed by atoms with Crippen LogP contribution in [0.4, 0.5) is 0 Å². The minimum absolute atomic E-state index is 0.232. The van der Waals surface area contributed by atoms with Gasteiger partial charge >= 0.3 is 0 Å². The van der Waals surface area contributed by atoms with E-state index in [4.69, 9.17) is 10.3 Å². The number of rotatable bonds is 5. The van der Waals surface area contributed by atoms with Crippen molar-refractivity contribution >= 4 is 10.0 Å². The average Bonchev–Trinajstić information content (AvgIpc) is 3.11. The molecule has 3 rings (SSSR count). The van der Waals surface area contributed by atoms with Crippen LogP contribution in [0.2, 0.25) is 0 Å². The molecule has 0 unspecified atom stereocenters. The van der Waals surface area contributed by atoms with Gasteiger partial charge in [0, 0.05) is 31.6 Å². The van der Waals surface area contributed by atoms with Crippen LogP contribution in [-0.4, -0.2) is 41.7 Å². The number of sulfonamides is 1. The molecule has 22 heavy (non-hydrogen) atoms. The van der Waals surface area contributed by atoms with E-state index in [1.54, 1.807) is 0 Å². The van der Waals surface area contributed by atoms with Gasteiger partial charge in [-0.15, -0.1) is 0 Å². The molecule has 0 saturated carbocycles. The van der Waals surface area contributed by atoms with Crippen molar-refractivity contribution in [3.8, 4) is 11.4 Å². The monoisotopic (exact) mass is 322 g/mol. The second kappa shape index (κ2) is 6.15. The van der Waals surface area contributed by atoms with E-state index in [-0.39, 0.29) is 5.75 Å². The Morgan fingerprint density at radius 3 is 2.68 bits per heavy atom. The van der Waals surface area contributed by atoms with Crippen LogP contribution in [0.1, 0.15) is 17.9 Å². The smallest absolute Gasteiger partial charge is 0.228 e. The van der Waals surface area contributed by atoms with E-state index in [9.17, 15) is 8.42 Å². The summed E-state index contributed by atoms with van der Waals surface area (Å²) in [6, 6.07) is 7.62. The molecule has 7 nitrogen and oxygen atoms in total. The van der Waals surface area contributed by atoms with Crippen molar-refractivity contribution in [1.82, 2.24) is 14.4 Å². The van der Waals surface area contributed by atoms with Crippen LogP contribution in [0.25, 0.3) is 11.4 Å². The maximum absolute atomic E-state index is 11.7. The predicted molar refractivity (Wildman–Crippen MR) is 81.3 cm³/mol. The van der Waals surface area contributed by atoms with Gasteiger partial charge in [0.05, 0.1) is 5.75 Å². The van der Waals surface area contributed by atoms with E-state index in [1.807, 2.05) is 24.3 Å². The molecular formula is C14H18N4O3S. The third kappa shape index (κ3) is 3.18. The van der Waals surface area contributed by atoms with E-state index < -0.39 is 10.0 Å². The van der Waals surface area contributed by atoms with Gasteiger partial charge in [0.2, 0.25) is 21.7 Å². The molecule has 1 fully saturated rings. The van der Waals surface area contributed by atoms with Crippen LogP contribution in [0.15, 0.2) is 28.8 Å². The van der Waals surface area contributed by atoms with Gasteiger partial charge in [-0.25, -0.2) is 12.7 Å². The molecule has 0 radical (unpaired) electrons. The number of benzene rings is 1. The molecule has 1 saturated heterocycles. The molecule has 1 aliphatic heterocycles. The second-order valence-electron chi connectivity index (χ2n) is 5.23. The number of aromatic nitrogens is 2. The Morgan fingerprint density at radius 1 is 1.27 bits per heavy atom. The predicted octanol–water partition coefficient (Wildman–Crippen LogP) is 0.773. The maximum atomic E-state index is 11.7. The molecule has 1 aliphatic rings. The Bertz CT molecular complexity index is 740. The van der Waals surface area contributed by atoms with Gasteiger partial charge in [-0.2, -0.15) is 4.98 Å². The van der Waals surface area contributed by atoms with Crippen molar-refractivity contribution in [2.75, 3.05) is 18.8 Å². The number of hydrogen-bond donors (Lipinski definition) is 1. The molecule has 0 spiro atoms. The number of nitrogens with two attached hydrogens (primary N) is 1. The van der Waals surface area contributed by atoms with Crippen molar-refractivity contribution in [1.29, 1.82) is 0 Å². The quantitative estimate of drug-likeness (QED) is 0.872. The topological polar surface area (TPSA) is 102 Å². The van der Waals surface area contributed by atoms with Crippen LogP contribution in [0.3, 0.4) is 0 Å². The molecule has 2 aromatic rings. The Morgan fingerprint density at radius 2 is 2.05 bits per heavy atom. The summed E-state index contributed by atoms with van der Waals surface area (Å²) < 4.78 is 30.1. The standard InChI is InChI=1S/C14H18N4O3S/c15-10-11-2-4-12(5-3-11)14-16-13(21-17-14)6-8-18-7-1-9-22(18,19)20/h2-5H,1,6-10,15H2. The van der Waals surface area contributed by atoms with E-state index >= 15 is 0 Å². The Hall–Kier alpha value is -1.77. The molecule has 0 amide bonds. The van der Waals surface area contributed by atoms with E-state index in [0.29, 0.717) is 44.2 Å². The summed E-state index contributed by atoms with van der Waals surface area (Å²) in [6.45, 7) is 1.45. The molecule has 8 heteroatoms. The lowest BCUT2D eigenvalue weighted by molar-refractivity contribution is 0.359. The van der Waals surface area contributed by atoms with Crippen molar-refractivity contribution in [3.05, 3.63) is 35.7 Å². The van der Waals surface area contributed by atoms with E-state index in [2.05, 4.69) is 10.1 Å². The maximum Gasteiger partial charge on any atom is 0.228 e. The van der Waals surface area contributed by atoms with Crippen LogP contribution >= 0.6 is 0 Å². The van der Waals surface area contributed by atoms with Gasteiger partial charge < -0.3 is 10.3 Å². The zero-order valence-electron chi connectivity index (χ0n) is 12.1. The molecule has 0 aliphatic carbocycles. The molecule has 0 atom stereocenters. The Balaban J connectivity index is 1.66. The third-order valence-corrected chi connectivity index (χ3v) is 5.65. The average molecular weight is 322 g/mol. The van der Waals surface area contributed by atoms with Crippen LogP contribution in [-0.2, 0) is 23.0 Å². The number of nitrogens with zero attached hydrogens (tertiary/aromatic N) is 3. The molecular weight excluding hydrogens is 304 g/mol. The third-order valence-electron chi connectivity index (χ3n) is 3.69. The first kappa shape index (κ1) is 15.1. The summed E-state index contributed by atoms with van der Waals surface area (Å²) in [5, 5.41) is 3.94. The summed E-state index contributed by atoms with van der Waals surface area (Å²) in [7, 11) is -3.08. The highest BCUT2D eigenvalue weighted by Crippen LogP contribution is 2.18. The molecule has 1 aromatic carbocycles. The highest BCUT2D eigenvalue weighted by molar-refractivity contribution is 7.89. The molecule has 118 valence electrons. The zero-order valence-corrected chi connectivity index (χ0v) is 12.9. The van der Waals surface area contributed by atoms with Crippen molar-refractivity contribution in [3.63, 3.8) is 0 Å². The minimum Gasteiger partial charge on any atom is -0.339 e. The fourth-order valence-corrected chi connectivity index (χ4v) is 3.96. The first-order valence-electron chi connectivity index (χ1n) is 7.18. The van der Waals surface area contributed by atoms with Gasteiger partial charge in [0.1, 0.15) is 0 Å². The Kier molecular flexibility index (Phi) is 4.23. The van der Waals surface area contributed by atoms with E-state index in [1.165, 1.54) is 4.31 Å². The van der Waals surface area contributed by atoms with Crippen LogP contribution < -0.4 is 5.73 Å². The number of hydrogen-bond acceptors (Lipinski definition) is 6. The summed E-state index contributed by atoms with van der Waals surface area (Å²) in [4.78, 5) is 4.31. The zero-order chi connectivity index (χ0) is 15.6. The lowest BCUT2D eigenvalue weighted by Crippen LogP contribution is -2.28. The largest absolute Gasteiger partial charge is 0.339 e. The van der Waals surface area contributed by atoms with Gasteiger partial charge in [-0.3, -0.25) is 0 Å². The van der Waals surface area contributed by atoms with Crippen molar-refractivity contribution < 1.29 is 12.9 Å². The van der Waals surface area contributed by atoms with Gasteiger partial charge in [0.15, 0.2) is 0 Å². The fraction of sp³-hybridized carbons (Fsp3) is 0.429. The van der Waals surface area contributed by atoms with Gasteiger partial charge in [0.25, 0.3) is 0 Å². The molecule has 0 bridgehead atoms. The lowest BCUT2D eigenvalue weighted by atomic mass is 10.1. The van der Waals surface area contributed by atoms with E-state index in [0.717, 1.165) is 11.1 Å².